The van der Waals surface area contributed by atoms with Crippen LogP contribution in [0.5, 0.6) is 0 Å². The Balaban J connectivity index is 1.69. The first-order chi connectivity index (χ1) is 11.4. The molecule has 1 atom stereocenters. The normalized spacial score (nSPS) is 19.6. The smallest absolute Gasteiger partial charge is 0.249 e. The number of hydrogen-bond donors (Lipinski definition) is 1. The number of benzene rings is 1. The van der Waals surface area contributed by atoms with Crippen molar-refractivity contribution < 1.29 is 17.6 Å². The fourth-order valence-corrected chi connectivity index (χ4v) is 4.31. The molecule has 1 N–H and O–H groups in total. The van der Waals surface area contributed by atoms with Gasteiger partial charge in [-0.1, -0.05) is 12.1 Å². The Morgan fingerprint density at radius 1 is 1.38 bits per heavy atom. The van der Waals surface area contributed by atoms with Crippen LogP contribution in [-0.4, -0.2) is 35.6 Å². The van der Waals surface area contributed by atoms with Crippen molar-refractivity contribution in [3.63, 3.8) is 0 Å². The lowest BCUT2D eigenvalue weighted by Crippen LogP contribution is -2.18. The molecule has 0 radical (unpaired) electrons. The summed E-state index contributed by atoms with van der Waals surface area (Å²) in [6.45, 7) is 0. The maximum absolute atomic E-state index is 13.1. The van der Waals surface area contributed by atoms with Crippen LogP contribution in [0.1, 0.15) is 18.0 Å². The van der Waals surface area contributed by atoms with Crippen LogP contribution in [0.4, 0.5) is 10.2 Å². The van der Waals surface area contributed by atoms with Crippen LogP contribution < -0.4 is 5.32 Å². The third kappa shape index (κ3) is 3.88. The topological polar surface area (TPSA) is 81.1 Å². The zero-order valence-corrected chi connectivity index (χ0v) is 13.5. The molecular weight excluding hydrogens is 333 g/mol. The van der Waals surface area contributed by atoms with Gasteiger partial charge in [0.05, 0.1) is 23.7 Å². The third-order valence-corrected chi connectivity index (χ3v) is 5.50. The zero-order chi connectivity index (χ0) is 17.2. The molecule has 24 heavy (non-hydrogen) atoms. The number of carbonyl (C=O) groups excluding carboxylic acids is 1. The number of nitrogens with zero attached hydrogens (tertiary/aromatic N) is 2. The van der Waals surface area contributed by atoms with E-state index in [0.29, 0.717) is 17.8 Å². The van der Waals surface area contributed by atoms with Gasteiger partial charge in [-0.3, -0.25) is 4.79 Å². The number of hydrogen-bond acceptors (Lipinski definition) is 4. The minimum absolute atomic E-state index is 0.0245. The van der Waals surface area contributed by atoms with E-state index in [4.69, 9.17) is 0 Å². The Bertz CT molecular complexity index is 889. The SMILES string of the molecule is O=C(/C=C/c1cccc(F)c1)Nc1ccnn1C1CCS(=O)(=O)C1. The molecule has 0 spiro atoms. The summed E-state index contributed by atoms with van der Waals surface area (Å²) in [5.74, 6) is -0.188. The summed E-state index contributed by atoms with van der Waals surface area (Å²) in [6, 6.07) is 7.22. The van der Waals surface area contributed by atoms with Gasteiger partial charge in [-0.25, -0.2) is 17.5 Å². The van der Waals surface area contributed by atoms with Crippen molar-refractivity contribution in [2.24, 2.45) is 0 Å². The molecule has 1 fully saturated rings. The summed E-state index contributed by atoms with van der Waals surface area (Å²) in [5.41, 5.74) is 0.570. The van der Waals surface area contributed by atoms with E-state index < -0.39 is 15.7 Å². The van der Waals surface area contributed by atoms with E-state index in [2.05, 4.69) is 10.4 Å². The standard InChI is InChI=1S/C16H16FN3O3S/c17-13-3-1-2-12(10-13)4-5-16(21)19-15-6-8-18-20(15)14-7-9-24(22,23)11-14/h1-6,8,10,14H,7,9,11H2,(H,19,21)/b5-4+. The minimum Gasteiger partial charge on any atom is -0.307 e. The molecule has 8 heteroatoms. The van der Waals surface area contributed by atoms with E-state index in [0.717, 1.165) is 0 Å². The van der Waals surface area contributed by atoms with Gasteiger partial charge in [0, 0.05) is 12.1 Å². The fourth-order valence-electron chi connectivity index (χ4n) is 2.62. The second-order valence-electron chi connectivity index (χ2n) is 5.60. The number of rotatable bonds is 4. The van der Waals surface area contributed by atoms with Crippen molar-refractivity contribution in [3.8, 4) is 0 Å². The maximum Gasteiger partial charge on any atom is 0.249 e. The quantitative estimate of drug-likeness (QED) is 0.857. The highest BCUT2D eigenvalue weighted by Crippen LogP contribution is 2.26. The molecule has 3 rings (SSSR count). The summed E-state index contributed by atoms with van der Waals surface area (Å²) in [5, 5.41) is 6.78. The van der Waals surface area contributed by atoms with Crippen LogP contribution >= 0.6 is 0 Å². The number of sulfone groups is 1. The van der Waals surface area contributed by atoms with Crippen molar-refractivity contribution >= 4 is 27.6 Å². The number of anilines is 1. The first-order valence-electron chi connectivity index (χ1n) is 7.41. The molecule has 0 saturated carbocycles. The molecule has 1 aromatic carbocycles. The van der Waals surface area contributed by atoms with E-state index in [-0.39, 0.29) is 23.4 Å². The van der Waals surface area contributed by atoms with Crippen LogP contribution in [0.2, 0.25) is 0 Å². The van der Waals surface area contributed by atoms with Crippen LogP contribution in [-0.2, 0) is 14.6 Å². The molecule has 2 aromatic rings. The molecule has 1 amide bonds. The molecule has 1 aliphatic rings. The Kier molecular flexibility index (Phi) is 4.48. The van der Waals surface area contributed by atoms with Gasteiger partial charge in [-0.05, 0) is 30.2 Å². The van der Waals surface area contributed by atoms with Crippen molar-refractivity contribution in [2.45, 2.75) is 12.5 Å². The summed E-state index contributed by atoms with van der Waals surface area (Å²) >= 11 is 0. The van der Waals surface area contributed by atoms with Gasteiger partial charge in [0.2, 0.25) is 5.91 Å². The molecule has 1 aromatic heterocycles. The minimum atomic E-state index is -3.04. The highest BCUT2D eigenvalue weighted by molar-refractivity contribution is 7.91. The first-order valence-corrected chi connectivity index (χ1v) is 9.24. The first kappa shape index (κ1) is 16.4. The summed E-state index contributed by atoms with van der Waals surface area (Å²) in [7, 11) is -3.04. The van der Waals surface area contributed by atoms with Crippen LogP contribution in [0.3, 0.4) is 0 Å². The predicted molar refractivity (Wildman–Crippen MR) is 88.6 cm³/mol. The second-order valence-corrected chi connectivity index (χ2v) is 7.82. The van der Waals surface area contributed by atoms with Gasteiger partial charge < -0.3 is 5.32 Å². The Morgan fingerprint density at radius 3 is 2.92 bits per heavy atom. The molecule has 1 saturated heterocycles. The lowest BCUT2D eigenvalue weighted by Gasteiger charge is -2.12. The molecule has 0 aliphatic carbocycles. The molecule has 1 aliphatic heterocycles. The summed E-state index contributed by atoms with van der Waals surface area (Å²) in [6.07, 6.45) is 4.78. The van der Waals surface area contributed by atoms with Crippen LogP contribution in [0, 0.1) is 5.82 Å². The zero-order valence-electron chi connectivity index (χ0n) is 12.7. The number of aromatic nitrogens is 2. The van der Waals surface area contributed by atoms with Gasteiger partial charge in [-0.2, -0.15) is 5.10 Å². The van der Waals surface area contributed by atoms with Crippen molar-refractivity contribution in [1.29, 1.82) is 0 Å². The predicted octanol–water partition coefficient (Wildman–Crippen LogP) is 2.03. The highest BCUT2D eigenvalue weighted by atomic mass is 32.2. The summed E-state index contributed by atoms with van der Waals surface area (Å²) < 4.78 is 37.8. The Hall–Kier alpha value is -2.48. The average Bonchev–Trinajstić information content (AvgIpc) is 3.11. The van der Waals surface area contributed by atoms with Gasteiger partial charge in [0.1, 0.15) is 11.6 Å². The number of nitrogens with one attached hydrogen (secondary N) is 1. The van der Waals surface area contributed by atoms with E-state index in [1.54, 1.807) is 18.2 Å². The van der Waals surface area contributed by atoms with Gasteiger partial charge in [-0.15, -0.1) is 0 Å². The molecule has 0 bridgehead atoms. The van der Waals surface area contributed by atoms with E-state index in [1.165, 1.54) is 35.2 Å². The molecule has 6 nitrogen and oxygen atoms in total. The number of amides is 1. The lowest BCUT2D eigenvalue weighted by atomic mass is 10.2. The molecule has 126 valence electrons. The molecule has 1 unspecified atom stereocenters. The Morgan fingerprint density at radius 2 is 2.21 bits per heavy atom. The Labute approximate surface area is 138 Å². The second kappa shape index (κ2) is 6.56. The maximum atomic E-state index is 13.1. The molecule has 2 heterocycles. The van der Waals surface area contributed by atoms with E-state index >= 15 is 0 Å². The molecular formula is C16H16FN3O3S. The number of halogens is 1. The van der Waals surface area contributed by atoms with E-state index in [9.17, 15) is 17.6 Å². The van der Waals surface area contributed by atoms with Gasteiger partial charge in [0.15, 0.2) is 9.84 Å². The third-order valence-electron chi connectivity index (χ3n) is 3.75. The van der Waals surface area contributed by atoms with Gasteiger partial charge in [0.25, 0.3) is 0 Å². The van der Waals surface area contributed by atoms with Crippen LogP contribution in [0.25, 0.3) is 6.08 Å². The summed E-state index contributed by atoms with van der Waals surface area (Å²) in [4.78, 5) is 12.0. The van der Waals surface area contributed by atoms with E-state index in [1.807, 2.05) is 0 Å². The number of carbonyl (C=O) groups is 1. The van der Waals surface area contributed by atoms with Gasteiger partial charge >= 0.3 is 0 Å². The fraction of sp³-hybridized carbons (Fsp3) is 0.250. The van der Waals surface area contributed by atoms with Crippen molar-refractivity contribution in [1.82, 2.24) is 9.78 Å². The highest BCUT2D eigenvalue weighted by Gasteiger charge is 2.30. The monoisotopic (exact) mass is 349 g/mol. The lowest BCUT2D eigenvalue weighted by molar-refractivity contribution is -0.111. The van der Waals surface area contributed by atoms with Crippen molar-refractivity contribution in [2.75, 3.05) is 16.8 Å². The largest absolute Gasteiger partial charge is 0.307 e. The average molecular weight is 349 g/mol. The van der Waals surface area contributed by atoms with Crippen LogP contribution in [0.15, 0.2) is 42.6 Å². The van der Waals surface area contributed by atoms with Crippen molar-refractivity contribution in [3.05, 3.63) is 54.0 Å².